The van der Waals surface area contributed by atoms with Crippen molar-refractivity contribution < 1.29 is 0 Å². The predicted octanol–water partition coefficient (Wildman–Crippen LogP) is 3.12. The Morgan fingerprint density at radius 2 is 2.00 bits per heavy atom. The number of hydrogen-bond acceptors (Lipinski definition) is 3. The minimum absolute atomic E-state index is 0. The molecule has 26 heavy (non-hydrogen) atoms. The number of aliphatic imine (C=N–C) groups is 1. The van der Waals surface area contributed by atoms with Crippen molar-refractivity contribution in [3.8, 4) is 0 Å². The van der Waals surface area contributed by atoms with Crippen LogP contribution in [0, 0.1) is 6.92 Å². The third-order valence-corrected chi connectivity index (χ3v) is 4.21. The minimum atomic E-state index is 0. The Morgan fingerprint density at radius 3 is 2.77 bits per heavy atom. The summed E-state index contributed by atoms with van der Waals surface area (Å²) in [5, 5.41) is 15.1. The van der Waals surface area contributed by atoms with E-state index in [4.69, 9.17) is 0 Å². The Morgan fingerprint density at radius 1 is 1.15 bits per heavy atom. The van der Waals surface area contributed by atoms with Gasteiger partial charge < -0.3 is 10.6 Å². The van der Waals surface area contributed by atoms with Gasteiger partial charge in [-0.15, -0.1) is 34.2 Å². The van der Waals surface area contributed by atoms with Crippen LogP contribution in [0.1, 0.15) is 29.8 Å². The van der Waals surface area contributed by atoms with Crippen LogP contribution in [0.4, 0.5) is 0 Å². The summed E-state index contributed by atoms with van der Waals surface area (Å²) in [4.78, 5) is 4.29. The number of pyridine rings is 1. The van der Waals surface area contributed by atoms with Gasteiger partial charge in [0, 0.05) is 19.8 Å². The average Bonchev–Trinajstić information content (AvgIpc) is 3.05. The lowest BCUT2D eigenvalue weighted by atomic mass is 9.99. The molecule has 7 heteroatoms. The Labute approximate surface area is 171 Å². The molecule has 0 spiro atoms. The van der Waals surface area contributed by atoms with Gasteiger partial charge in [0.2, 0.25) is 0 Å². The number of nitrogens with one attached hydrogen (secondary N) is 2. The Balaban J connectivity index is 0.00000243. The van der Waals surface area contributed by atoms with Crippen LogP contribution in [0.3, 0.4) is 0 Å². The van der Waals surface area contributed by atoms with Crippen LogP contribution < -0.4 is 10.6 Å². The van der Waals surface area contributed by atoms with Crippen molar-refractivity contribution in [2.75, 3.05) is 13.6 Å². The van der Waals surface area contributed by atoms with Gasteiger partial charge in [-0.05, 0) is 30.5 Å². The average molecular weight is 464 g/mol. The van der Waals surface area contributed by atoms with Gasteiger partial charge in [-0.25, -0.2) is 0 Å². The first-order chi connectivity index (χ1) is 12.2. The van der Waals surface area contributed by atoms with Crippen molar-refractivity contribution in [1.82, 2.24) is 25.2 Å². The van der Waals surface area contributed by atoms with Crippen molar-refractivity contribution in [3.63, 3.8) is 0 Å². The lowest BCUT2D eigenvalue weighted by Crippen LogP contribution is -2.39. The molecule has 0 amide bonds. The number of guanidine groups is 1. The maximum absolute atomic E-state index is 4.29. The zero-order valence-electron chi connectivity index (χ0n) is 15.3. The zero-order chi connectivity index (χ0) is 17.6. The summed E-state index contributed by atoms with van der Waals surface area (Å²) >= 11 is 0. The molecule has 0 aliphatic carbocycles. The van der Waals surface area contributed by atoms with Crippen molar-refractivity contribution >= 4 is 35.6 Å². The summed E-state index contributed by atoms with van der Waals surface area (Å²) in [5.74, 6) is 2.00. The van der Waals surface area contributed by atoms with E-state index in [1.54, 1.807) is 7.05 Å². The Kier molecular flexibility index (Phi) is 7.38. The third kappa shape index (κ3) is 4.94. The van der Waals surface area contributed by atoms with Crippen molar-refractivity contribution in [1.29, 1.82) is 0 Å². The van der Waals surface area contributed by atoms with Gasteiger partial charge in [0.25, 0.3) is 0 Å². The fourth-order valence-electron chi connectivity index (χ4n) is 2.74. The molecule has 0 bridgehead atoms. The van der Waals surface area contributed by atoms with Gasteiger partial charge in [0.15, 0.2) is 17.4 Å². The number of hydrogen-bond donors (Lipinski definition) is 2. The number of aromatic nitrogens is 3. The number of fused-ring (bicyclic) bond motifs is 1. The molecule has 0 saturated carbocycles. The SMILES string of the molecule is CN=C(NCc1nnc2ccccn12)NCC(C)c1cccc(C)c1.I. The van der Waals surface area contributed by atoms with E-state index < -0.39 is 0 Å². The number of nitrogens with zero attached hydrogens (tertiary/aromatic N) is 4. The maximum Gasteiger partial charge on any atom is 0.191 e. The molecular formula is C19H25IN6. The molecule has 2 N–H and O–H groups in total. The van der Waals surface area contributed by atoms with Gasteiger partial charge in [-0.1, -0.05) is 42.8 Å². The van der Waals surface area contributed by atoms with Gasteiger partial charge in [-0.3, -0.25) is 9.39 Å². The summed E-state index contributed by atoms with van der Waals surface area (Å²) in [5.41, 5.74) is 3.45. The molecule has 2 aromatic heterocycles. The van der Waals surface area contributed by atoms with E-state index in [0.717, 1.165) is 24.0 Å². The maximum atomic E-state index is 4.29. The molecule has 2 heterocycles. The second-order valence-electron chi connectivity index (χ2n) is 6.17. The summed E-state index contributed by atoms with van der Waals surface area (Å²) in [6, 6.07) is 14.5. The molecule has 3 aromatic rings. The molecule has 1 unspecified atom stereocenters. The summed E-state index contributed by atoms with van der Waals surface area (Å²) in [7, 11) is 1.77. The Hall–Kier alpha value is -2.16. The van der Waals surface area contributed by atoms with Crippen LogP contribution in [0.25, 0.3) is 5.65 Å². The number of aryl methyl sites for hydroxylation is 1. The van der Waals surface area contributed by atoms with Gasteiger partial charge in [0.1, 0.15) is 0 Å². The van der Waals surface area contributed by atoms with E-state index in [9.17, 15) is 0 Å². The molecule has 0 saturated heterocycles. The lowest BCUT2D eigenvalue weighted by Gasteiger charge is -2.16. The largest absolute Gasteiger partial charge is 0.356 e. The fourth-order valence-corrected chi connectivity index (χ4v) is 2.74. The molecule has 1 aromatic carbocycles. The summed E-state index contributed by atoms with van der Waals surface area (Å²) < 4.78 is 1.97. The highest BCUT2D eigenvalue weighted by Gasteiger charge is 2.08. The lowest BCUT2D eigenvalue weighted by molar-refractivity contribution is 0.691. The van der Waals surface area contributed by atoms with Crippen molar-refractivity contribution in [2.45, 2.75) is 26.3 Å². The molecule has 0 aliphatic heterocycles. The Bertz CT molecular complexity index is 873. The van der Waals surface area contributed by atoms with Crippen LogP contribution in [-0.2, 0) is 6.54 Å². The molecule has 138 valence electrons. The standard InChI is InChI=1S/C19H24N6.HI/c1-14-7-6-8-16(11-14)15(2)12-21-19(20-3)22-13-18-24-23-17-9-4-5-10-25(17)18;/h4-11,15H,12-13H2,1-3H3,(H2,20,21,22);1H. The fraction of sp³-hybridized carbons (Fsp3) is 0.316. The highest BCUT2D eigenvalue weighted by atomic mass is 127. The topological polar surface area (TPSA) is 66.6 Å². The van der Waals surface area contributed by atoms with Gasteiger partial charge in [-0.2, -0.15) is 0 Å². The van der Waals surface area contributed by atoms with E-state index in [-0.39, 0.29) is 24.0 Å². The summed E-state index contributed by atoms with van der Waals surface area (Å²) in [6.45, 7) is 5.70. The van der Waals surface area contributed by atoms with Crippen molar-refractivity contribution in [3.05, 3.63) is 65.6 Å². The molecular weight excluding hydrogens is 439 g/mol. The smallest absolute Gasteiger partial charge is 0.191 e. The first-order valence-electron chi connectivity index (χ1n) is 8.47. The molecule has 6 nitrogen and oxygen atoms in total. The van der Waals surface area contributed by atoms with E-state index in [1.807, 2.05) is 28.8 Å². The quantitative estimate of drug-likeness (QED) is 0.346. The number of halogens is 1. The highest BCUT2D eigenvalue weighted by Crippen LogP contribution is 2.15. The van der Waals surface area contributed by atoms with Crippen LogP contribution in [-0.4, -0.2) is 34.2 Å². The van der Waals surface area contributed by atoms with Gasteiger partial charge in [0.05, 0.1) is 6.54 Å². The van der Waals surface area contributed by atoms with Crippen molar-refractivity contribution in [2.24, 2.45) is 4.99 Å². The van der Waals surface area contributed by atoms with Gasteiger partial charge >= 0.3 is 0 Å². The third-order valence-electron chi connectivity index (χ3n) is 4.21. The predicted molar refractivity (Wildman–Crippen MR) is 116 cm³/mol. The van der Waals surface area contributed by atoms with E-state index in [1.165, 1.54) is 11.1 Å². The monoisotopic (exact) mass is 464 g/mol. The van der Waals surface area contributed by atoms with Crippen LogP contribution in [0.15, 0.2) is 53.7 Å². The molecule has 0 fully saturated rings. The van der Waals surface area contributed by atoms with E-state index in [0.29, 0.717) is 12.5 Å². The molecule has 0 radical (unpaired) electrons. The number of rotatable bonds is 5. The zero-order valence-corrected chi connectivity index (χ0v) is 17.6. The molecule has 3 rings (SSSR count). The van der Waals surface area contributed by atoms with E-state index >= 15 is 0 Å². The molecule has 1 atom stereocenters. The minimum Gasteiger partial charge on any atom is -0.356 e. The second-order valence-corrected chi connectivity index (χ2v) is 6.17. The second kappa shape index (κ2) is 9.51. The van der Waals surface area contributed by atoms with E-state index in [2.05, 4.69) is 63.9 Å². The normalized spacial score (nSPS) is 12.5. The first-order valence-corrected chi connectivity index (χ1v) is 8.47. The number of benzene rings is 1. The molecule has 0 aliphatic rings. The van der Waals surface area contributed by atoms with Crippen LogP contribution in [0.5, 0.6) is 0 Å². The first kappa shape index (κ1) is 20.2. The van der Waals surface area contributed by atoms with Crippen LogP contribution >= 0.6 is 24.0 Å². The van der Waals surface area contributed by atoms with Crippen LogP contribution in [0.2, 0.25) is 0 Å². The highest BCUT2D eigenvalue weighted by molar-refractivity contribution is 14.0. The summed E-state index contributed by atoms with van der Waals surface area (Å²) in [6.07, 6.45) is 1.96.